The van der Waals surface area contributed by atoms with Crippen molar-refractivity contribution in [3.05, 3.63) is 11.6 Å². The van der Waals surface area contributed by atoms with Gasteiger partial charge in [-0.15, -0.1) is 11.3 Å². The summed E-state index contributed by atoms with van der Waals surface area (Å²) in [5.74, 6) is 0. The van der Waals surface area contributed by atoms with Crippen LogP contribution in [0.2, 0.25) is 0 Å². The summed E-state index contributed by atoms with van der Waals surface area (Å²) < 4.78 is 0. The third-order valence-corrected chi connectivity index (χ3v) is 3.83. The number of hydrogen-bond acceptors (Lipinski definition) is 4. The number of hydrogen-bond donors (Lipinski definition) is 1. The van der Waals surface area contributed by atoms with Crippen LogP contribution in [0.5, 0.6) is 0 Å². The van der Waals surface area contributed by atoms with Crippen LogP contribution < -0.4 is 10.2 Å². The minimum Gasteiger partial charge on any atom is -0.345 e. The van der Waals surface area contributed by atoms with Crippen LogP contribution in [0.3, 0.4) is 0 Å². The minimum atomic E-state index is 0.692. The molecule has 1 aliphatic heterocycles. The predicted molar refractivity (Wildman–Crippen MR) is 65.6 cm³/mol. The Kier molecular flexibility index (Phi) is 3.97. The lowest BCUT2D eigenvalue weighted by atomic mass is 10.00. The second kappa shape index (κ2) is 5.47. The summed E-state index contributed by atoms with van der Waals surface area (Å²) in [6, 6.07) is 0.692. The molecule has 2 rings (SSSR count). The molecule has 3 nitrogen and oxygen atoms in total. The van der Waals surface area contributed by atoms with Gasteiger partial charge in [0, 0.05) is 24.2 Å². The Balaban J connectivity index is 1.99. The molecule has 0 saturated carbocycles. The van der Waals surface area contributed by atoms with E-state index >= 15 is 0 Å². The molecule has 0 amide bonds. The Morgan fingerprint density at radius 1 is 1.60 bits per heavy atom. The molecule has 4 heteroatoms. The smallest absolute Gasteiger partial charge is 0.185 e. The van der Waals surface area contributed by atoms with Gasteiger partial charge in [0.05, 0.1) is 0 Å². The van der Waals surface area contributed by atoms with E-state index in [1.807, 2.05) is 13.2 Å². The first-order chi connectivity index (χ1) is 7.42. The molecule has 1 N–H and O–H groups in total. The van der Waals surface area contributed by atoms with Crippen molar-refractivity contribution in [1.29, 1.82) is 0 Å². The molecule has 1 atom stereocenters. The highest BCUT2D eigenvalue weighted by molar-refractivity contribution is 7.13. The molecule has 0 aliphatic carbocycles. The molecule has 1 saturated heterocycles. The topological polar surface area (TPSA) is 28.2 Å². The summed E-state index contributed by atoms with van der Waals surface area (Å²) in [5.41, 5.74) is 0. The first-order valence-electron chi connectivity index (χ1n) is 5.72. The molecule has 0 radical (unpaired) electrons. The Morgan fingerprint density at radius 2 is 2.53 bits per heavy atom. The summed E-state index contributed by atoms with van der Waals surface area (Å²) in [5, 5.41) is 6.51. The van der Waals surface area contributed by atoms with E-state index in [2.05, 4.69) is 20.6 Å². The van der Waals surface area contributed by atoms with Crippen molar-refractivity contribution < 1.29 is 0 Å². The van der Waals surface area contributed by atoms with Gasteiger partial charge in [0.2, 0.25) is 0 Å². The molecule has 1 unspecified atom stereocenters. The number of anilines is 1. The molecule has 0 aromatic carbocycles. The normalized spacial score (nSPS) is 21.9. The Labute approximate surface area is 95.5 Å². The minimum absolute atomic E-state index is 0.692. The Bertz CT molecular complexity index is 273. The summed E-state index contributed by atoms with van der Waals surface area (Å²) in [6.07, 6.45) is 7.15. The molecular weight excluding hydrogens is 206 g/mol. The second-order valence-corrected chi connectivity index (χ2v) is 4.92. The lowest BCUT2D eigenvalue weighted by Crippen LogP contribution is -2.40. The van der Waals surface area contributed by atoms with Gasteiger partial charge in [0.1, 0.15) is 0 Å². The maximum absolute atomic E-state index is 4.42. The lowest BCUT2D eigenvalue weighted by Gasteiger charge is -2.35. The number of piperidine rings is 1. The fraction of sp³-hybridized carbons (Fsp3) is 0.727. The Hall–Kier alpha value is -0.610. The van der Waals surface area contributed by atoms with Crippen molar-refractivity contribution in [2.75, 3.05) is 25.0 Å². The van der Waals surface area contributed by atoms with Gasteiger partial charge in [-0.1, -0.05) is 0 Å². The van der Waals surface area contributed by atoms with Crippen molar-refractivity contribution in [3.63, 3.8) is 0 Å². The van der Waals surface area contributed by atoms with Gasteiger partial charge in [0.25, 0.3) is 0 Å². The van der Waals surface area contributed by atoms with Crippen LogP contribution >= 0.6 is 11.3 Å². The van der Waals surface area contributed by atoms with Gasteiger partial charge in [0.15, 0.2) is 5.13 Å². The molecule has 1 aromatic heterocycles. The largest absolute Gasteiger partial charge is 0.345 e. The van der Waals surface area contributed by atoms with Gasteiger partial charge in [-0.3, -0.25) is 0 Å². The highest BCUT2D eigenvalue weighted by atomic mass is 32.1. The van der Waals surface area contributed by atoms with Crippen LogP contribution in [0.25, 0.3) is 0 Å². The van der Waals surface area contributed by atoms with Gasteiger partial charge in [-0.2, -0.15) is 0 Å². The van der Waals surface area contributed by atoms with Gasteiger partial charge in [-0.05, 0) is 39.3 Å². The van der Waals surface area contributed by atoms with Crippen molar-refractivity contribution in [1.82, 2.24) is 10.3 Å². The standard InChI is InChI=1S/C11H19N3S/c1-12-6-5-10-4-2-3-8-14(10)11-13-7-9-15-11/h7,9-10,12H,2-6,8H2,1H3. The fourth-order valence-corrected chi connectivity index (χ4v) is 2.96. The van der Waals surface area contributed by atoms with Crippen LogP contribution in [0.15, 0.2) is 11.6 Å². The lowest BCUT2D eigenvalue weighted by molar-refractivity contribution is 0.433. The van der Waals surface area contributed by atoms with Crippen molar-refractivity contribution in [2.45, 2.75) is 31.7 Å². The van der Waals surface area contributed by atoms with Crippen molar-refractivity contribution in [2.24, 2.45) is 0 Å². The monoisotopic (exact) mass is 225 g/mol. The summed E-state index contributed by atoms with van der Waals surface area (Å²) in [7, 11) is 2.02. The number of aromatic nitrogens is 1. The van der Waals surface area contributed by atoms with Crippen LogP contribution in [0.1, 0.15) is 25.7 Å². The van der Waals surface area contributed by atoms with E-state index in [9.17, 15) is 0 Å². The van der Waals surface area contributed by atoms with Gasteiger partial charge < -0.3 is 10.2 Å². The van der Waals surface area contributed by atoms with Crippen LogP contribution in [0.4, 0.5) is 5.13 Å². The number of nitrogens with zero attached hydrogens (tertiary/aromatic N) is 2. The first-order valence-corrected chi connectivity index (χ1v) is 6.60. The molecule has 0 bridgehead atoms. The number of thiazole rings is 1. The zero-order valence-corrected chi connectivity index (χ0v) is 10.1. The van der Waals surface area contributed by atoms with E-state index in [4.69, 9.17) is 0 Å². The third kappa shape index (κ3) is 2.69. The molecular formula is C11H19N3S. The fourth-order valence-electron chi connectivity index (χ4n) is 2.22. The molecule has 0 spiro atoms. The quantitative estimate of drug-likeness (QED) is 0.850. The average Bonchev–Trinajstić information content (AvgIpc) is 2.80. The second-order valence-electron chi connectivity index (χ2n) is 4.05. The SMILES string of the molecule is CNCCC1CCCCN1c1nccs1. The van der Waals surface area contributed by atoms with E-state index < -0.39 is 0 Å². The van der Waals surface area contributed by atoms with Crippen molar-refractivity contribution in [3.8, 4) is 0 Å². The van der Waals surface area contributed by atoms with Crippen LogP contribution in [-0.2, 0) is 0 Å². The highest BCUT2D eigenvalue weighted by Crippen LogP contribution is 2.27. The van der Waals surface area contributed by atoms with E-state index in [0.29, 0.717) is 6.04 Å². The molecule has 84 valence electrons. The van der Waals surface area contributed by atoms with Gasteiger partial charge >= 0.3 is 0 Å². The van der Waals surface area contributed by atoms with E-state index in [1.54, 1.807) is 11.3 Å². The molecule has 1 aliphatic rings. The van der Waals surface area contributed by atoms with E-state index in [-0.39, 0.29) is 0 Å². The summed E-state index contributed by atoms with van der Waals surface area (Å²) in [4.78, 5) is 6.91. The summed E-state index contributed by atoms with van der Waals surface area (Å²) in [6.45, 7) is 2.29. The first kappa shape index (κ1) is 10.9. The van der Waals surface area contributed by atoms with Crippen molar-refractivity contribution >= 4 is 16.5 Å². The Morgan fingerprint density at radius 3 is 3.27 bits per heavy atom. The van der Waals surface area contributed by atoms with E-state index in [0.717, 1.165) is 6.54 Å². The molecule has 1 fully saturated rings. The van der Waals surface area contributed by atoms with Crippen LogP contribution in [-0.4, -0.2) is 31.2 Å². The zero-order valence-electron chi connectivity index (χ0n) is 9.28. The van der Waals surface area contributed by atoms with Gasteiger partial charge in [-0.25, -0.2) is 4.98 Å². The third-order valence-electron chi connectivity index (χ3n) is 3.02. The predicted octanol–water partition coefficient (Wildman–Crippen LogP) is 2.11. The van der Waals surface area contributed by atoms with E-state index in [1.165, 1.54) is 37.4 Å². The van der Waals surface area contributed by atoms with Crippen LogP contribution in [0, 0.1) is 0 Å². The zero-order chi connectivity index (χ0) is 10.5. The summed E-state index contributed by atoms with van der Waals surface area (Å²) >= 11 is 1.76. The maximum atomic E-state index is 4.42. The number of rotatable bonds is 4. The highest BCUT2D eigenvalue weighted by Gasteiger charge is 2.23. The molecule has 1 aromatic rings. The molecule has 15 heavy (non-hydrogen) atoms. The molecule has 2 heterocycles. The number of nitrogens with one attached hydrogen (secondary N) is 1. The average molecular weight is 225 g/mol. The maximum Gasteiger partial charge on any atom is 0.185 e.